The highest BCUT2D eigenvalue weighted by atomic mass is 32.2. The second kappa shape index (κ2) is 9.05. The van der Waals surface area contributed by atoms with Crippen molar-refractivity contribution in [2.24, 2.45) is 5.41 Å². The van der Waals surface area contributed by atoms with Crippen molar-refractivity contribution in [3.63, 3.8) is 0 Å². The fourth-order valence-electron chi connectivity index (χ4n) is 5.58. The highest BCUT2D eigenvalue weighted by Crippen LogP contribution is 2.47. The Morgan fingerprint density at radius 1 is 1.17 bits per heavy atom. The lowest BCUT2D eigenvalue weighted by Gasteiger charge is -2.44. The molecule has 1 fully saturated rings. The molecule has 2 aromatic rings. The first kappa shape index (κ1) is 25.4. The van der Waals surface area contributed by atoms with Crippen LogP contribution in [0.1, 0.15) is 107 Å². The van der Waals surface area contributed by atoms with Crippen LogP contribution in [0, 0.1) is 16.7 Å². The molecule has 0 bridgehead atoms. The number of amides is 1. The molecular formula is C28H36N4O2S. The van der Waals surface area contributed by atoms with Crippen molar-refractivity contribution in [1.82, 2.24) is 9.97 Å². The molecule has 0 unspecified atom stereocenters. The van der Waals surface area contributed by atoms with Gasteiger partial charge in [-0.15, -0.1) is 0 Å². The predicted octanol–water partition coefficient (Wildman–Crippen LogP) is 6.31. The molecule has 186 valence electrons. The fraction of sp³-hybridized carbons (Fsp3) is 0.536. The minimum absolute atomic E-state index is 0.119. The predicted molar refractivity (Wildman–Crippen MR) is 142 cm³/mol. The summed E-state index contributed by atoms with van der Waals surface area (Å²) >= 11 is 0. The number of nitrogens with one attached hydrogen (secondary N) is 2. The monoisotopic (exact) mass is 492 g/mol. The van der Waals surface area contributed by atoms with Crippen LogP contribution in [0.2, 0.25) is 0 Å². The van der Waals surface area contributed by atoms with E-state index in [1.807, 2.05) is 12.1 Å². The number of anilines is 1. The van der Waals surface area contributed by atoms with Crippen LogP contribution in [-0.4, -0.2) is 29.6 Å². The van der Waals surface area contributed by atoms with E-state index >= 15 is 0 Å². The summed E-state index contributed by atoms with van der Waals surface area (Å²) in [5.74, 6) is 0.0475. The van der Waals surface area contributed by atoms with Gasteiger partial charge in [0.05, 0.1) is 6.20 Å². The number of rotatable bonds is 4. The van der Waals surface area contributed by atoms with E-state index in [2.05, 4.69) is 75.0 Å². The molecule has 0 spiro atoms. The van der Waals surface area contributed by atoms with Crippen molar-refractivity contribution in [3.05, 3.63) is 53.1 Å². The Morgan fingerprint density at radius 3 is 2.43 bits per heavy atom. The van der Waals surface area contributed by atoms with Crippen molar-refractivity contribution in [2.45, 2.75) is 89.1 Å². The summed E-state index contributed by atoms with van der Waals surface area (Å²) in [5, 5.41) is 12.1. The van der Waals surface area contributed by atoms with Crippen LogP contribution < -0.4 is 5.32 Å². The third-order valence-corrected chi connectivity index (χ3v) is 9.81. The lowest BCUT2D eigenvalue weighted by molar-refractivity contribution is 0.101. The molecule has 2 N–H and O–H groups in total. The summed E-state index contributed by atoms with van der Waals surface area (Å²) < 4.78 is 12.6. The number of H-pyrrole nitrogens is 1. The number of carbonyl (C=O) groups is 1. The van der Waals surface area contributed by atoms with Gasteiger partial charge in [-0.1, -0.05) is 26.0 Å². The molecule has 6 nitrogen and oxygen atoms in total. The molecule has 1 aliphatic heterocycles. The number of aromatic amines is 1. The molecule has 0 radical (unpaired) electrons. The lowest BCUT2D eigenvalue weighted by atomic mass is 9.76. The quantitative estimate of drug-likeness (QED) is 0.522. The first-order valence-corrected chi connectivity index (χ1v) is 13.5. The summed E-state index contributed by atoms with van der Waals surface area (Å²) in [7, 11) is -0.908. The van der Waals surface area contributed by atoms with E-state index in [0.717, 1.165) is 43.4 Å². The standard InChI is InChI=1S/C28H36N4O2S/c1-26(2)11-9-18(10-12-26)22-13-19(20-14-27(3,4)35(34)28(5,6)15-20)7-8-23(22)32-25(33)24-30-17-21(16-29)31-24/h7-9,13,17,20H,10-12,14-15H2,1-6H3,(H,30,31)(H,32,33). The van der Waals surface area contributed by atoms with Gasteiger partial charge in [-0.2, -0.15) is 5.26 Å². The third kappa shape index (κ3) is 5.28. The molecule has 1 aromatic carbocycles. The van der Waals surface area contributed by atoms with Gasteiger partial charge in [0.15, 0.2) is 5.82 Å². The fourth-order valence-corrected chi connectivity index (χ4v) is 7.78. The average molecular weight is 493 g/mol. The van der Waals surface area contributed by atoms with Crippen LogP contribution >= 0.6 is 0 Å². The van der Waals surface area contributed by atoms with E-state index in [-0.39, 0.29) is 32.3 Å². The van der Waals surface area contributed by atoms with Gasteiger partial charge in [-0.05, 0) is 94.4 Å². The highest BCUT2D eigenvalue weighted by Gasteiger charge is 2.45. The van der Waals surface area contributed by atoms with Crippen LogP contribution in [0.4, 0.5) is 5.69 Å². The van der Waals surface area contributed by atoms with E-state index in [4.69, 9.17) is 5.26 Å². The van der Waals surface area contributed by atoms with Gasteiger partial charge >= 0.3 is 0 Å². The highest BCUT2D eigenvalue weighted by molar-refractivity contribution is 7.87. The number of hydrogen-bond acceptors (Lipinski definition) is 4. The second-order valence-electron chi connectivity index (χ2n) is 12.0. The maximum Gasteiger partial charge on any atom is 0.291 e. The Kier molecular flexibility index (Phi) is 6.56. The first-order chi connectivity index (χ1) is 16.3. The normalized spacial score (nSPS) is 24.8. The van der Waals surface area contributed by atoms with E-state index in [1.54, 1.807) is 0 Å². The Balaban J connectivity index is 1.71. The van der Waals surface area contributed by atoms with Crippen molar-refractivity contribution >= 4 is 28.0 Å². The zero-order valence-electron chi connectivity index (χ0n) is 21.6. The van der Waals surface area contributed by atoms with E-state index in [0.29, 0.717) is 5.92 Å². The van der Waals surface area contributed by atoms with Gasteiger partial charge in [0.2, 0.25) is 0 Å². The summed E-state index contributed by atoms with van der Waals surface area (Å²) in [6.07, 6.45) is 8.43. The van der Waals surface area contributed by atoms with Gasteiger partial charge in [-0.3, -0.25) is 9.00 Å². The Labute approximate surface area is 211 Å². The van der Waals surface area contributed by atoms with Crippen LogP contribution in [0.3, 0.4) is 0 Å². The van der Waals surface area contributed by atoms with Gasteiger partial charge in [0.25, 0.3) is 5.91 Å². The first-order valence-electron chi connectivity index (χ1n) is 12.3. The molecule has 2 heterocycles. The van der Waals surface area contributed by atoms with Gasteiger partial charge in [0.1, 0.15) is 11.8 Å². The second-order valence-corrected chi connectivity index (χ2v) is 14.8. The maximum absolute atomic E-state index is 13.1. The average Bonchev–Trinajstić information content (AvgIpc) is 3.27. The maximum atomic E-state index is 13.1. The zero-order valence-corrected chi connectivity index (χ0v) is 22.4. The number of benzene rings is 1. The molecular weight excluding hydrogens is 456 g/mol. The smallest absolute Gasteiger partial charge is 0.291 e. The van der Waals surface area contributed by atoms with Crippen molar-refractivity contribution in [2.75, 3.05) is 5.32 Å². The number of nitrogens with zero attached hydrogens (tertiary/aromatic N) is 2. The topological polar surface area (TPSA) is 98.6 Å². The molecule has 0 atom stereocenters. The minimum atomic E-state index is -0.908. The van der Waals surface area contributed by atoms with E-state index in [9.17, 15) is 9.00 Å². The van der Waals surface area contributed by atoms with Crippen LogP contribution in [-0.2, 0) is 10.8 Å². The summed E-state index contributed by atoms with van der Waals surface area (Å²) in [6, 6.07) is 8.28. The molecule has 35 heavy (non-hydrogen) atoms. The number of aromatic nitrogens is 2. The Morgan fingerprint density at radius 2 is 1.86 bits per heavy atom. The number of hydrogen-bond donors (Lipinski definition) is 2. The molecule has 2 aliphatic rings. The van der Waals surface area contributed by atoms with Gasteiger partial charge in [0, 0.05) is 31.5 Å². The molecule has 0 saturated carbocycles. The molecule has 1 saturated heterocycles. The summed E-state index contributed by atoms with van der Waals surface area (Å²) in [5.41, 5.74) is 4.79. The molecule has 1 amide bonds. The SMILES string of the molecule is CC1(C)CC=C(c2cc(C3CC(C)(C)S(=O)C(C)(C)C3)ccc2NC(=O)c2ncc(C#N)[nH]2)CC1. The number of nitriles is 1. The van der Waals surface area contributed by atoms with Crippen LogP contribution in [0.25, 0.3) is 5.57 Å². The summed E-state index contributed by atoms with van der Waals surface area (Å²) in [4.78, 5) is 19.7. The van der Waals surface area contributed by atoms with Gasteiger partial charge < -0.3 is 10.3 Å². The Hall–Kier alpha value is -2.72. The van der Waals surface area contributed by atoms with Crippen molar-refractivity contribution in [1.29, 1.82) is 5.26 Å². The molecule has 7 heteroatoms. The molecule has 1 aliphatic carbocycles. The summed E-state index contributed by atoms with van der Waals surface area (Å²) in [6.45, 7) is 13.0. The van der Waals surface area contributed by atoms with Crippen molar-refractivity contribution < 1.29 is 9.00 Å². The van der Waals surface area contributed by atoms with Crippen molar-refractivity contribution in [3.8, 4) is 6.07 Å². The van der Waals surface area contributed by atoms with E-state index in [1.165, 1.54) is 17.3 Å². The van der Waals surface area contributed by atoms with Crippen LogP contribution in [0.5, 0.6) is 0 Å². The van der Waals surface area contributed by atoms with Gasteiger partial charge in [-0.25, -0.2) is 4.98 Å². The third-order valence-electron chi connectivity index (χ3n) is 7.47. The molecule has 1 aromatic heterocycles. The largest absolute Gasteiger partial charge is 0.326 e. The number of imidazole rings is 1. The van der Waals surface area contributed by atoms with Crippen LogP contribution in [0.15, 0.2) is 30.5 Å². The minimum Gasteiger partial charge on any atom is -0.326 e. The lowest BCUT2D eigenvalue weighted by Crippen LogP contribution is -2.47. The Bertz CT molecular complexity index is 1230. The molecule has 4 rings (SSSR count). The zero-order chi connectivity index (χ0) is 25.6. The van der Waals surface area contributed by atoms with E-state index < -0.39 is 10.8 Å². The number of allylic oxidation sites excluding steroid dienone is 2. The number of carbonyl (C=O) groups excluding carboxylic acids is 1.